The van der Waals surface area contributed by atoms with Gasteiger partial charge in [0.1, 0.15) is 0 Å². The summed E-state index contributed by atoms with van der Waals surface area (Å²) in [5.74, 6) is 0.789. The lowest BCUT2D eigenvalue weighted by Crippen LogP contribution is -2.38. The Hall–Kier alpha value is -2.89. The van der Waals surface area contributed by atoms with Gasteiger partial charge in [-0.3, -0.25) is 9.78 Å². The van der Waals surface area contributed by atoms with Crippen molar-refractivity contribution >= 4 is 11.9 Å². The molecule has 0 aliphatic rings. The molecule has 6 heteroatoms. The molecule has 0 saturated carbocycles. The number of amides is 1. The van der Waals surface area contributed by atoms with Crippen LogP contribution in [0.5, 0.6) is 0 Å². The van der Waals surface area contributed by atoms with Gasteiger partial charge in [0.2, 0.25) is 0 Å². The van der Waals surface area contributed by atoms with E-state index in [4.69, 9.17) is 0 Å². The van der Waals surface area contributed by atoms with Crippen LogP contribution in [0.3, 0.4) is 0 Å². The van der Waals surface area contributed by atoms with Gasteiger partial charge in [-0.25, -0.2) is 4.99 Å². The minimum atomic E-state index is 0.00523. The molecule has 0 unspecified atom stereocenters. The maximum Gasteiger partial charge on any atom is 0.253 e. The van der Waals surface area contributed by atoms with Crippen LogP contribution in [0.15, 0.2) is 47.6 Å². The number of guanidine groups is 1. The molecule has 0 bridgehead atoms. The van der Waals surface area contributed by atoms with E-state index in [9.17, 15) is 4.79 Å². The van der Waals surface area contributed by atoms with Crippen molar-refractivity contribution in [2.75, 3.05) is 27.2 Å². The Labute approximate surface area is 161 Å². The molecule has 0 fully saturated rings. The number of carbonyl (C=O) groups excluding carboxylic acids is 1. The Bertz CT molecular complexity index is 751. The van der Waals surface area contributed by atoms with Crippen molar-refractivity contribution in [3.63, 3.8) is 0 Å². The SMILES string of the molecule is CCNC(=NCc1ccc(C(=O)N(C)C)cc1)NCCc1ccc(C)nc1. The van der Waals surface area contributed by atoms with Gasteiger partial charge >= 0.3 is 0 Å². The maximum absolute atomic E-state index is 11.9. The number of nitrogens with one attached hydrogen (secondary N) is 2. The number of benzene rings is 1. The Kier molecular flexibility index (Phi) is 7.79. The van der Waals surface area contributed by atoms with Crippen LogP contribution in [0.4, 0.5) is 0 Å². The summed E-state index contributed by atoms with van der Waals surface area (Å²) in [6.07, 6.45) is 2.80. The number of nitrogens with zero attached hydrogens (tertiary/aromatic N) is 3. The predicted octanol–water partition coefficient (Wildman–Crippen LogP) is 2.39. The number of carbonyl (C=O) groups is 1. The largest absolute Gasteiger partial charge is 0.357 e. The fourth-order valence-electron chi connectivity index (χ4n) is 2.49. The molecule has 1 amide bonds. The fraction of sp³-hybridized carbons (Fsp3) is 0.381. The smallest absolute Gasteiger partial charge is 0.253 e. The summed E-state index contributed by atoms with van der Waals surface area (Å²) in [5, 5.41) is 6.60. The van der Waals surface area contributed by atoms with Gasteiger partial charge in [0.15, 0.2) is 5.96 Å². The minimum Gasteiger partial charge on any atom is -0.357 e. The van der Waals surface area contributed by atoms with Gasteiger partial charge in [0.05, 0.1) is 6.54 Å². The summed E-state index contributed by atoms with van der Waals surface area (Å²) in [5.41, 5.74) is 3.97. The lowest BCUT2D eigenvalue weighted by Gasteiger charge is -2.12. The average molecular weight is 367 g/mol. The molecule has 1 heterocycles. The highest BCUT2D eigenvalue weighted by atomic mass is 16.2. The third-order valence-electron chi connectivity index (χ3n) is 4.05. The van der Waals surface area contributed by atoms with Gasteiger partial charge in [0.25, 0.3) is 5.91 Å². The first kappa shape index (κ1) is 20.4. The van der Waals surface area contributed by atoms with E-state index in [2.05, 4.69) is 26.7 Å². The van der Waals surface area contributed by atoms with E-state index in [1.807, 2.05) is 50.4 Å². The summed E-state index contributed by atoms with van der Waals surface area (Å²) in [7, 11) is 3.50. The van der Waals surface area contributed by atoms with Crippen LogP contribution in [0, 0.1) is 6.92 Å². The normalized spacial score (nSPS) is 11.2. The van der Waals surface area contributed by atoms with E-state index in [0.717, 1.165) is 36.7 Å². The Balaban J connectivity index is 1.90. The van der Waals surface area contributed by atoms with Gasteiger partial charge in [-0.2, -0.15) is 0 Å². The highest BCUT2D eigenvalue weighted by Crippen LogP contribution is 2.07. The standard InChI is InChI=1S/C21H29N5O/c1-5-22-21(23-13-12-18-7-6-16(2)24-14-18)25-15-17-8-10-19(11-9-17)20(27)26(3)4/h6-11,14H,5,12-13,15H2,1-4H3,(H2,22,23,25). The molecule has 0 radical (unpaired) electrons. The fourth-order valence-corrected chi connectivity index (χ4v) is 2.49. The third kappa shape index (κ3) is 6.73. The van der Waals surface area contributed by atoms with Crippen LogP contribution in [0.25, 0.3) is 0 Å². The van der Waals surface area contributed by atoms with Crippen LogP contribution in [-0.2, 0) is 13.0 Å². The van der Waals surface area contributed by atoms with E-state index in [1.165, 1.54) is 5.56 Å². The Morgan fingerprint density at radius 2 is 1.78 bits per heavy atom. The highest BCUT2D eigenvalue weighted by Gasteiger charge is 2.07. The zero-order valence-electron chi connectivity index (χ0n) is 16.6. The third-order valence-corrected chi connectivity index (χ3v) is 4.05. The van der Waals surface area contributed by atoms with Gasteiger partial charge < -0.3 is 15.5 Å². The van der Waals surface area contributed by atoms with Crippen molar-refractivity contribution in [1.29, 1.82) is 0 Å². The first-order valence-corrected chi connectivity index (χ1v) is 9.24. The van der Waals surface area contributed by atoms with Crippen LogP contribution in [0.2, 0.25) is 0 Å². The van der Waals surface area contributed by atoms with E-state index in [1.54, 1.807) is 19.0 Å². The molecule has 1 aromatic heterocycles. The molecule has 2 N–H and O–H groups in total. The number of rotatable bonds is 7. The quantitative estimate of drug-likeness (QED) is 0.582. The zero-order valence-corrected chi connectivity index (χ0v) is 16.6. The molecule has 0 spiro atoms. The Morgan fingerprint density at radius 3 is 2.37 bits per heavy atom. The molecule has 0 aliphatic carbocycles. The molecule has 144 valence electrons. The van der Waals surface area contributed by atoms with E-state index in [-0.39, 0.29) is 5.91 Å². The molecule has 0 atom stereocenters. The minimum absolute atomic E-state index is 0.00523. The highest BCUT2D eigenvalue weighted by molar-refractivity contribution is 5.93. The topological polar surface area (TPSA) is 69.6 Å². The molecule has 27 heavy (non-hydrogen) atoms. The van der Waals surface area contributed by atoms with Crippen molar-refractivity contribution in [2.24, 2.45) is 4.99 Å². The molecule has 0 saturated heterocycles. The van der Waals surface area contributed by atoms with Gasteiger partial charge in [0, 0.05) is 44.6 Å². The van der Waals surface area contributed by atoms with Crippen LogP contribution >= 0.6 is 0 Å². The molecule has 0 aliphatic heterocycles. The summed E-state index contributed by atoms with van der Waals surface area (Å²) >= 11 is 0. The van der Waals surface area contributed by atoms with Crippen LogP contribution < -0.4 is 10.6 Å². The van der Waals surface area contributed by atoms with Gasteiger partial charge in [-0.15, -0.1) is 0 Å². The van der Waals surface area contributed by atoms with Crippen molar-refractivity contribution in [3.05, 3.63) is 65.0 Å². The Morgan fingerprint density at radius 1 is 1.07 bits per heavy atom. The number of aromatic nitrogens is 1. The van der Waals surface area contributed by atoms with Crippen molar-refractivity contribution in [3.8, 4) is 0 Å². The second-order valence-electron chi connectivity index (χ2n) is 6.58. The monoisotopic (exact) mass is 367 g/mol. The van der Waals surface area contributed by atoms with Crippen LogP contribution in [0.1, 0.15) is 34.1 Å². The number of aliphatic imine (C=N–C) groups is 1. The molecule has 1 aromatic carbocycles. The first-order chi connectivity index (χ1) is 13.0. The maximum atomic E-state index is 11.9. The lowest BCUT2D eigenvalue weighted by molar-refractivity contribution is 0.0827. The van der Waals surface area contributed by atoms with Gasteiger partial charge in [-0.1, -0.05) is 18.2 Å². The lowest BCUT2D eigenvalue weighted by atomic mass is 10.1. The van der Waals surface area contributed by atoms with Crippen LogP contribution in [-0.4, -0.2) is 48.9 Å². The molecule has 2 aromatic rings. The summed E-state index contributed by atoms with van der Waals surface area (Å²) in [6, 6.07) is 11.7. The molecule has 2 rings (SSSR count). The second-order valence-corrected chi connectivity index (χ2v) is 6.58. The number of aryl methyl sites for hydroxylation is 1. The molecule has 6 nitrogen and oxygen atoms in total. The summed E-state index contributed by atoms with van der Waals surface area (Å²) in [4.78, 5) is 22.4. The molecular weight excluding hydrogens is 338 g/mol. The summed E-state index contributed by atoms with van der Waals surface area (Å²) in [6.45, 7) is 6.17. The summed E-state index contributed by atoms with van der Waals surface area (Å²) < 4.78 is 0. The number of hydrogen-bond acceptors (Lipinski definition) is 3. The van der Waals surface area contributed by atoms with Crippen molar-refractivity contribution in [1.82, 2.24) is 20.5 Å². The number of hydrogen-bond donors (Lipinski definition) is 2. The predicted molar refractivity (Wildman–Crippen MR) is 110 cm³/mol. The van der Waals surface area contributed by atoms with Crippen molar-refractivity contribution in [2.45, 2.75) is 26.8 Å². The molecular formula is C21H29N5O. The average Bonchev–Trinajstić information content (AvgIpc) is 2.67. The van der Waals surface area contributed by atoms with Gasteiger partial charge in [-0.05, 0) is 49.6 Å². The van der Waals surface area contributed by atoms with Crippen molar-refractivity contribution < 1.29 is 4.79 Å². The van der Waals surface area contributed by atoms with E-state index in [0.29, 0.717) is 12.1 Å². The van der Waals surface area contributed by atoms with E-state index < -0.39 is 0 Å². The van der Waals surface area contributed by atoms with E-state index >= 15 is 0 Å². The number of pyridine rings is 1. The first-order valence-electron chi connectivity index (χ1n) is 9.24. The zero-order chi connectivity index (χ0) is 19.6. The second kappa shape index (κ2) is 10.3.